The Morgan fingerprint density at radius 3 is 3.05 bits per heavy atom. The quantitative estimate of drug-likeness (QED) is 0.806. The van der Waals surface area contributed by atoms with Crippen LogP contribution in [0.15, 0.2) is 33.5 Å². The molecule has 0 unspecified atom stereocenters. The predicted molar refractivity (Wildman–Crippen MR) is 81.4 cm³/mol. The molecule has 22 heavy (non-hydrogen) atoms. The van der Waals surface area contributed by atoms with Gasteiger partial charge in [-0.15, -0.1) is 0 Å². The number of fused-ring (bicyclic) bond motifs is 1. The molecule has 0 amide bonds. The van der Waals surface area contributed by atoms with Crippen LogP contribution in [0.1, 0.15) is 19.8 Å². The minimum absolute atomic E-state index is 0.109. The number of hydrogen-bond acceptors (Lipinski definition) is 5. The Balaban J connectivity index is 1.76. The standard InChI is InChI=1S/C16H20N2O4/c1-2-21-15(19)12-6-5-9-17(10-12)11-18-13-7-3-4-8-14(13)22-16(18)20/h3-4,7-8,12H,2,5-6,9-11H2,1H3/t12-/m0/s1. The number of carbonyl (C=O) groups excluding carboxylic acids is 1. The average Bonchev–Trinajstić information content (AvgIpc) is 2.84. The number of likely N-dealkylation sites (tertiary alicyclic amines) is 1. The number of ether oxygens (including phenoxy) is 1. The molecule has 1 aliphatic heterocycles. The Hall–Kier alpha value is -2.08. The molecule has 6 heteroatoms. The van der Waals surface area contributed by atoms with Gasteiger partial charge in [0.05, 0.1) is 24.7 Å². The second-order valence-electron chi connectivity index (χ2n) is 5.57. The number of rotatable bonds is 4. The van der Waals surface area contributed by atoms with Gasteiger partial charge in [0.25, 0.3) is 0 Å². The molecule has 2 heterocycles. The molecule has 3 rings (SSSR count). The maximum atomic E-state index is 12.0. The SMILES string of the molecule is CCOC(=O)[C@H]1CCCN(Cn2c(=O)oc3ccccc32)C1. The highest BCUT2D eigenvalue weighted by Gasteiger charge is 2.27. The van der Waals surface area contributed by atoms with Gasteiger partial charge in [-0.2, -0.15) is 0 Å². The van der Waals surface area contributed by atoms with Crippen molar-refractivity contribution in [3.05, 3.63) is 34.8 Å². The number of piperidine rings is 1. The first-order valence-electron chi connectivity index (χ1n) is 7.66. The van der Waals surface area contributed by atoms with Crippen LogP contribution in [-0.4, -0.2) is 35.1 Å². The van der Waals surface area contributed by atoms with Gasteiger partial charge in [-0.05, 0) is 38.4 Å². The molecule has 1 aliphatic rings. The zero-order valence-corrected chi connectivity index (χ0v) is 12.7. The third kappa shape index (κ3) is 2.92. The fraction of sp³-hybridized carbons (Fsp3) is 0.500. The predicted octanol–water partition coefficient (Wildman–Crippen LogP) is 1.83. The lowest BCUT2D eigenvalue weighted by Gasteiger charge is -2.31. The van der Waals surface area contributed by atoms with Crippen molar-refractivity contribution >= 4 is 17.1 Å². The van der Waals surface area contributed by atoms with Gasteiger partial charge in [0, 0.05) is 6.54 Å². The maximum Gasteiger partial charge on any atom is 0.421 e. The Kier molecular flexibility index (Phi) is 4.29. The molecular formula is C16H20N2O4. The average molecular weight is 304 g/mol. The number of para-hydroxylation sites is 2. The summed E-state index contributed by atoms with van der Waals surface area (Å²) in [6.45, 7) is 4.13. The van der Waals surface area contributed by atoms with Gasteiger partial charge in [-0.1, -0.05) is 12.1 Å². The van der Waals surface area contributed by atoms with Gasteiger partial charge in [-0.25, -0.2) is 4.79 Å². The highest BCUT2D eigenvalue weighted by atomic mass is 16.5. The van der Waals surface area contributed by atoms with Crippen LogP contribution in [0.2, 0.25) is 0 Å². The normalized spacial score (nSPS) is 19.4. The summed E-state index contributed by atoms with van der Waals surface area (Å²) < 4.78 is 12.0. The van der Waals surface area contributed by atoms with Gasteiger partial charge in [0.2, 0.25) is 0 Å². The summed E-state index contributed by atoms with van der Waals surface area (Å²) in [5.74, 6) is -0.612. The first-order chi connectivity index (χ1) is 10.7. The Labute approximate surface area is 128 Å². The first kappa shape index (κ1) is 14.8. The number of esters is 1. The van der Waals surface area contributed by atoms with Crippen molar-refractivity contribution in [3.63, 3.8) is 0 Å². The number of oxazole rings is 1. The lowest BCUT2D eigenvalue weighted by molar-refractivity contribution is -0.150. The second kappa shape index (κ2) is 6.36. The van der Waals surface area contributed by atoms with Crippen molar-refractivity contribution in [2.75, 3.05) is 19.7 Å². The molecule has 2 aromatic rings. The van der Waals surface area contributed by atoms with Crippen molar-refractivity contribution in [3.8, 4) is 0 Å². The van der Waals surface area contributed by atoms with E-state index in [0.717, 1.165) is 24.9 Å². The van der Waals surface area contributed by atoms with Crippen LogP contribution in [0.5, 0.6) is 0 Å². The summed E-state index contributed by atoms with van der Waals surface area (Å²) in [6, 6.07) is 7.37. The van der Waals surface area contributed by atoms with E-state index < -0.39 is 0 Å². The third-order valence-electron chi connectivity index (χ3n) is 4.04. The van der Waals surface area contributed by atoms with E-state index in [4.69, 9.17) is 9.15 Å². The molecule has 1 aromatic carbocycles. The molecular weight excluding hydrogens is 284 g/mol. The Morgan fingerprint density at radius 2 is 2.23 bits per heavy atom. The highest BCUT2D eigenvalue weighted by Crippen LogP contribution is 2.19. The summed E-state index contributed by atoms with van der Waals surface area (Å²) in [4.78, 5) is 26.0. The first-order valence-corrected chi connectivity index (χ1v) is 7.66. The molecule has 0 radical (unpaired) electrons. The molecule has 118 valence electrons. The number of hydrogen-bond donors (Lipinski definition) is 0. The molecule has 0 spiro atoms. The largest absolute Gasteiger partial charge is 0.466 e. The van der Waals surface area contributed by atoms with E-state index in [-0.39, 0.29) is 17.6 Å². The van der Waals surface area contributed by atoms with Crippen LogP contribution < -0.4 is 5.76 Å². The minimum atomic E-state index is -0.362. The third-order valence-corrected chi connectivity index (χ3v) is 4.04. The maximum absolute atomic E-state index is 12.0. The molecule has 1 atom stereocenters. The molecule has 1 saturated heterocycles. The zero-order chi connectivity index (χ0) is 15.5. The number of carbonyl (C=O) groups is 1. The van der Waals surface area contributed by atoms with Gasteiger partial charge >= 0.3 is 11.7 Å². The van der Waals surface area contributed by atoms with Crippen LogP contribution in [0.4, 0.5) is 0 Å². The summed E-state index contributed by atoms with van der Waals surface area (Å²) >= 11 is 0. The molecule has 0 aliphatic carbocycles. The fourth-order valence-electron chi connectivity index (χ4n) is 2.98. The summed E-state index contributed by atoms with van der Waals surface area (Å²) in [5.41, 5.74) is 1.37. The van der Waals surface area contributed by atoms with Gasteiger partial charge in [0.1, 0.15) is 0 Å². The van der Waals surface area contributed by atoms with Crippen LogP contribution in [-0.2, 0) is 16.2 Å². The van der Waals surface area contributed by atoms with Gasteiger partial charge < -0.3 is 9.15 Å². The molecule has 0 bridgehead atoms. The number of benzene rings is 1. The molecule has 0 N–H and O–H groups in total. The summed E-state index contributed by atoms with van der Waals surface area (Å²) in [6.07, 6.45) is 1.77. The number of nitrogens with zero attached hydrogens (tertiary/aromatic N) is 2. The van der Waals surface area contributed by atoms with E-state index in [1.165, 1.54) is 0 Å². The highest BCUT2D eigenvalue weighted by molar-refractivity contribution is 5.73. The minimum Gasteiger partial charge on any atom is -0.466 e. The number of aromatic nitrogens is 1. The molecule has 1 aromatic heterocycles. The van der Waals surface area contributed by atoms with Crippen molar-refractivity contribution in [2.24, 2.45) is 5.92 Å². The van der Waals surface area contributed by atoms with E-state index in [9.17, 15) is 9.59 Å². The molecule has 0 saturated carbocycles. The van der Waals surface area contributed by atoms with E-state index in [2.05, 4.69) is 4.90 Å². The Morgan fingerprint density at radius 1 is 1.41 bits per heavy atom. The van der Waals surface area contributed by atoms with Crippen LogP contribution >= 0.6 is 0 Å². The van der Waals surface area contributed by atoms with Gasteiger partial charge in [-0.3, -0.25) is 14.3 Å². The van der Waals surface area contributed by atoms with E-state index >= 15 is 0 Å². The van der Waals surface area contributed by atoms with E-state index in [1.807, 2.05) is 25.1 Å². The van der Waals surface area contributed by atoms with Crippen molar-refractivity contribution in [1.29, 1.82) is 0 Å². The second-order valence-corrected chi connectivity index (χ2v) is 5.57. The Bertz CT molecular complexity index is 718. The van der Waals surface area contributed by atoms with Crippen molar-refractivity contribution in [2.45, 2.75) is 26.4 Å². The van der Waals surface area contributed by atoms with Crippen LogP contribution in [0, 0.1) is 5.92 Å². The monoisotopic (exact) mass is 304 g/mol. The summed E-state index contributed by atoms with van der Waals surface area (Å²) in [7, 11) is 0. The van der Waals surface area contributed by atoms with Crippen LogP contribution in [0.3, 0.4) is 0 Å². The molecule has 6 nitrogen and oxygen atoms in total. The van der Waals surface area contributed by atoms with Gasteiger partial charge in [0.15, 0.2) is 5.58 Å². The van der Waals surface area contributed by atoms with E-state index in [1.54, 1.807) is 10.6 Å². The van der Waals surface area contributed by atoms with Crippen molar-refractivity contribution in [1.82, 2.24) is 9.47 Å². The van der Waals surface area contributed by atoms with Crippen LogP contribution in [0.25, 0.3) is 11.1 Å². The zero-order valence-electron chi connectivity index (χ0n) is 12.7. The lowest BCUT2D eigenvalue weighted by Crippen LogP contribution is -2.41. The lowest BCUT2D eigenvalue weighted by atomic mass is 9.98. The smallest absolute Gasteiger partial charge is 0.421 e. The fourth-order valence-corrected chi connectivity index (χ4v) is 2.98. The van der Waals surface area contributed by atoms with Crippen molar-refractivity contribution < 1.29 is 13.9 Å². The van der Waals surface area contributed by atoms with E-state index in [0.29, 0.717) is 25.4 Å². The topological polar surface area (TPSA) is 64.7 Å². The summed E-state index contributed by atoms with van der Waals surface area (Å²) in [5, 5.41) is 0. The molecule has 1 fully saturated rings.